The van der Waals surface area contributed by atoms with Gasteiger partial charge in [0.05, 0.1) is 5.39 Å². The van der Waals surface area contributed by atoms with Crippen LogP contribution in [0, 0.1) is 5.92 Å². The standard InChI is InChI=1S/C15H22ClN3S/c1-5-9(3)7-10(4)17-13-12-8-11(6-2)20-14(12)19-15(16)18-13/h8-10H,5-7H2,1-4H3,(H,17,18,19). The highest BCUT2D eigenvalue weighted by Crippen LogP contribution is 2.31. The molecule has 0 radical (unpaired) electrons. The van der Waals surface area contributed by atoms with Gasteiger partial charge in [0.25, 0.3) is 0 Å². The molecule has 0 aliphatic carbocycles. The lowest BCUT2D eigenvalue weighted by atomic mass is 10.0. The number of anilines is 1. The minimum atomic E-state index is 0.320. The van der Waals surface area contributed by atoms with E-state index in [0.717, 1.165) is 28.9 Å². The van der Waals surface area contributed by atoms with Crippen LogP contribution in [0.5, 0.6) is 0 Å². The molecule has 2 unspecified atom stereocenters. The average Bonchev–Trinajstić information content (AvgIpc) is 2.81. The fraction of sp³-hybridized carbons (Fsp3) is 0.600. The highest BCUT2D eigenvalue weighted by Gasteiger charge is 2.13. The van der Waals surface area contributed by atoms with Crippen LogP contribution in [0.3, 0.4) is 0 Å². The zero-order valence-corrected chi connectivity index (χ0v) is 14.1. The Morgan fingerprint density at radius 2 is 2.05 bits per heavy atom. The number of aryl methyl sites for hydroxylation is 1. The number of nitrogens with zero attached hydrogens (tertiary/aromatic N) is 2. The molecule has 2 aromatic heterocycles. The summed E-state index contributed by atoms with van der Waals surface area (Å²) in [6.07, 6.45) is 3.34. The van der Waals surface area contributed by atoms with E-state index in [1.54, 1.807) is 11.3 Å². The largest absolute Gasteiger partial charge is 0.367 e. The zero-order valence-electron chi connectivity index (χ0n) is 12.5. The van der Waals surface area contributed by atoms with Crippen molar-refractivity contribution in [2.24, 2.45) is 5.92 Å². The molecule has 0 bridgehead atoms. The van der Waals surface area contributed by atoms with Crippen molar-refractivity contribution in [2.45, 2.75) is 53.0 Å². The third-order valence-corrected chi connectivity index (χ3v) is 4.94. The predicted molar refractivity (Wildman–Crippen MR) is 89.0 cm³/mol. The van der Waals surface area contributed by atoms with E-state index in [4.69, 9.17) is 11.6 Å². The number of nitrogens with one attached hydrogen (secondary N) is 1. The van der Waals surface area contributed by atoms with Gasteiger partial charge in [0.15, 0.2) is 0 Å². The smallest absolute Gasteiger partial charge is 0.225 e. The number of aromatic nitrogens is 2. The van der Waals surface area contributed by atoms with Crippen molar-refractivity contribution in [3.05, 3.63) is 16.2 Å². The quantitative estimate of drug-likeness (QED) is 0.750. The van der Waals surface area contributed by atoms with Crippen molar-refractivity contribution in [1.82, 2.24) is 9.97 Å². The molecule has 0 saturated carbocycles. The van der Waals surface area contributed by atoms with E-state index in [2.05, 4.69) is 49.0 Å². The number of hydrogen-bond donors (Lipinski definition) is 1. The van der Waals surface area contributed by atoms with Crippen molar-refractivity contribution in [1.29, 1.82) is 0 Å². The van der Waals surface area contributed by atoms with Gasteiger partial charge in [-0.2, -0.15) is 0 Å². The van der Waals surface area contributed by atoms with E-state index in [1.807, 2.05) is 0 Å². The molecule has 2 rings (SSSR count). The van der Waals surface area contributed by atoms with E-state index in [-0.39, 0.29) is 0 Å². The van der Waals surface area contributed by atoms with E-state index in [9.17, 15) is 0 Å². The number of halogens is 1. The third-order valence-electron chi connectivity index (χ3n) is 3.60. The van der Waals surface area contributed by atoms with Crippen LogP contribution in [0.25, 0.3) is 10.2 Å². The topological polar surface area (TPSA) is 37.8 Å². The Balaban J connectivity index is 2.26. The number of rotatable bonds is 6. The Bertz CT molecular complexity index is 582. The highest BCUT2D eigenvalue weighted by molar-refractivity contribution is 7.18. The molecule has 3 nitrogen and oxygen atoms in total. The van der Waals surface area contributed by atoms with Crippen LogP contribution in [0.4, 0.5) is 5.82 Å². The summed E-state index contributed by atoms with van der Waals surface area (Å²) < 4.78 is 0. The van der Waals surface area contributed by atoms with E-state index in [0.29, 0.717) is 17.2 Å². The molecule has 2 atom stereocenters. The molecule has 0 aliphatic heterocycles. The number of thiophene rings is 1. The van der Waals surface area contributed by atoms with Crippen molar-refractivity contribution in [2.75, 3.05) is 5.32 Å². The van der Waals surface area contributed by atoms with E-state index >= 15 is 0 Å². The first-order valence-corrected chi connectivity index (χ1v) is 8.45. The second-order valence-electron chi connectivity index (χ2n) is 5.42. The summed E-state index contributed by atoms with van der Waals surface area (Å²) in [5.74, 6) is 1.57. The molecule has 5 heteroatoms. The summed E-state index contributed by atoms with van der Waals surface area (Å²) in [5.41, 5.74) is 0. The molecule has 1 N–H and O–H groups in total. The minimum Gasteiger partial charge on any atom is -0.367 e. The van der Waals surface area contributed by atoms with Crippen LogP contribution < -0.4 is 5.32 Å². The van der Waals surface area contributed by atoms with Crippen LogP contribution in [0.1, 0.15) is 45.4 Å². The molecule has 2 heterocycles. The van der Waals surface area contributed by atoms with Crippen molar-refractivity contribution < 1.29 is 0 Å². The molecule has 110 valence electrons. The first-order chi connectivity index (χ1) is 9.53. The molecule has 20 heavy (non-hydrogen) atoms. The van der Waals surface area contributed by atoms with Gasteiger partial charge in [-0.15, -0.1) is 11.3 Å². The SMILES string of the molecule is CCc1cc2c(NC(C)CC(C)CC)nc(Cl)nc2s1. The van der Waals surface area contributed by atoms with Gasteiger partial charge in [-0.1, -0.05) is 27.2 Å². The summed E-state index contributed by atoms with van der Waals surface area (Å²) in [4.78, 5) is 11.0. The summed E-state index contributed by atoms with van der Waals surface area (Å²) in [7, 11) is 0. The Morgan fingerprint density at radius 1 is 1.30 bits per heavy atom. The second-order valence-corrected chi connectivity index (χ2v) is 6.87. The molecule has 0 fully saturated rings. The van der Waals surface area contributed by atoms with Crippen LogP contribution >= 0.6 is 22.9 Å². The molecule has 2 aromatic rings. The first kappa shape index (κ1) is 15.5. The summed E-state index contributed by atoms with van der Waals surface area (Å²) in [6, 6.07) is 2.55. The Morgan fingerprint density at radius 3 is 2.70 bits per heavy atom. The lowest BCUT2D eigenvalue weighted by Gasteiger charge is -2.18. The van der Waals surface area contributed by atoms with Gasteiger partial charge in [-0.05, 0) is 43.4 Å². The lowest BCUT2D eigenvalue weighted by Crippen LogP contribution is -2.19. The third kappa shape index (κ3) is 3.61. The van der Waals surface area contributed by atoms with Gasteiger partial charge in [-0.3, -0.25) is 0 Å². The first-order valence-electron chi connectivity index (χ1n) is 7.25. The Hall–Kier alpha value is -0.870. The Kier molecular flexibility index (Phi) is 5.22. The van der Waals surface area contributed by atoms with Crippen LogP contribution in [0.15, 0.2) is 6.07 Å². The van der Waals surface area contributed by atoms with Crippen molar-refractivity contribution >= 4 is 39.0 Å². The summed E-state index contributed by atoms with van der Waals surface area (Å²) in [5, 5.41) is 4.91. The number of fused-ring (bicyclic) bond motifs is 1. The maximum absolute atomic E-state index is 6.04. The van der Waals surface area contributed by atoms with Gasteiger partial charge in [0, 0.05) is 10.9 Å². The zero-order chi connectivity index (χ0) is 14.7. The summed E-state index contributed by atoms with van der Waals surface area (Å²) in [6.45, 7) is 8.85. The fourth-order valence-electron chi connectivity index (χ4n) is 2.29. The van der Waals surface area contributed by atoms with Gasteiger partial charge in [0.1, 0.15) is 10.6 Å². The molecule has 0 spiro atoms. The van der Waals surface area contributed by atoms with Crippen LogP contribution in [0.2, 0.25) is 5.28 Å². The van der Waals surface area contributed by atoms with Gasteiger partial charge in [-0.25, -0.2) is 9.97 Å². The molecular weight excluding hydrogens is 290 g/mol. The Labute approximate surface area is 129 Å². The van der Waals surface area contributed by atoms with E-state index in [1.165, 1.54) is 11.3 Å². The normalized spacial score (nSPS) is 14.4. The molecule has 0 aliphatic rings. The van der Waals surface area contributed by atoms with Gasteiger partial charge < -0.3 is 5.32 Å². The van der Waals surface area contributed by atoms with Gasteiger partial charge in [0.2, 0.25) is 5.28 Å². The second kappa shape index (κ2) is 6.72. The molecular formula is C15H22ClN3S. The average molecular weight is 312 g/mol. The maximum atomic E-state index is 6.04. The number of hydrogen-bond acceptors (Lipinski definition) is 4. The van der Waals surface area contributed by atoms with E-state index < -0.39 is 0 Å². The molecule has 0 amide bonds. The summed E-state index contributed by atoms with van der Waals surface area (Å²) >= 11 is 7.73. The van der Waals surface area contributed by atoms with Gasteiger partial charge >= 0.3 is 0 Å². The van der Waals surface area contributed by atoms with Crippen molar-refractivity contribution in [3.63, 3.8) is 0 Å². The van der Waals surface area contributed by atoms with Crippen LogP contribution in [-0.2, 0) is 6.42 Å². The minimum absolute atomic E-state index is 0.320. The maximum Gasteiger partial charge on any atom is 0.225 e. The fourth-order valence-corrected chi connectivity index (χ4v) is 3.48. The lowest BCUT2D eigenvalue weighted by molar-refractivity contribution is 0.483. The molecule has 0 saturated heterocycles. The predicted octanol–water partition coefficient (Wildman–Crippen LogP) is 5.14. The molecule has 0 aromatic carbocycles. The monoisotopic (exact) mass is 311 g/mol. The van der Waals surface area contributed by atoms with Crippen molar-refractivity contribution in [3.8, 4) is 0 Å². The highest BCUT2D eigenvalue weighted by atomic mass is 35.5. The van der Waals surface area contributed by atoms with Crippen LogP contribution in [-0.4, -0.2) is 16.0 Å².